The molecule has 3 amide bonds. The van der Waals surface area contributed by atoms with Crippen molar-refractivity contribution in [1.82, 2.24) is 15.5 Å². The molecule has 0 rings (SSSR count). The van der Waals surface area contributed by atoms with E-state index in [1.165, 1.54) is 6.92 Å². The lowest BCUT2D eigenvalue weighted by atomic mass is 10.0. The van der Waals surface area contributed by atoms with Crippen LogP contribution >= 0.6 is 0 Å². The summed E-state index contributed by atoms with van der Waals surface area (Å²) in [4.78, 5) is 35.7. The van der Waals surface area contributed by atoms with E-state index in [1.54, 1.807) is 11.9 Å². The van der Waals surface area contributed by atoms with E-state index in [9.17, 15) is 14.4 Å². The summed E-state index contributed by atoms with van der Waals surface area (Å²) >= 11 is 0. The first-order chi connectivity index (χ1) is 10.2. The van der Waals surface area contributed by atoms with Crippen LogP contribution in [-0.4, -0.2) is 55.3 Å². The Morgan fingerprint density at radius 2 is 1.68 bits per heavy atom. The Morgan fingerprint density at radius 3 is 2.23 bits per heavy atom. The summed E-state index contributed by atoms with van der Waals surface area (Å²) in [6, 6.07) is 0.0762. The second kappa shape index (κ2) is 11.0. The van der Waals surface area contributed by atoms with Crippen molar-refractivity contribution in [1.29, 1.82) is 0 Å². The van der Waals surface area contributed by atoms with Crippen LogP contribution in [0.1, 0.15) is 40.0 Å². The molecule has 128 valence electrons. The van der Waals surface area contributed by atoms with E-state index in [-0.39, 0.29) is 36.6 Å². The highest BCUT2D eigenvalue weighted by atomic mass is 16.2. The van der Waals surface area contributed by atoms with E-state index >= 15 is 0 Å². The molecule has 7 nitrogen and oxygen atoms in total. The van der Waals surface area contributed by atoms with Crippen molar-refractivity contribution in [2.75, 3.05) is 26.7 Å². The topological polar surface area (TPSA) is 105 Å². The molecule has 0 aliphatic carbocycles. The van der Waals surface area contributed by atoms with Crippen LogP contribution in [-0.2, 0) is 14.4 Å². The zero-order valence-corrected chi connectivity index (χ0v) is 14.1. The average molecular weight is 314 g/mol. The summed E-state index contributed by atoms with van der Waals surface area (Å²) in [5, 5.41) is 5.23. The molecule has 0 aromatic heterocycles. The Labute approximate surface area is 133 Å². The molecule has 0 aliphatic rings. The SMILES string of the molecule is CC(=O)NCCNC(=O)CCC(=O)N(C)CCC(N)C(C)C. The fourth-order valence-corrected chi connectivity index (χ4v) is 1.74. The minimum absolute atomic E-state index is 0.0621. The first kappa shape index (κ1) is 20.4. The van der Waals surface area contributed by atoms with E-state index in [4.69, 9.17) is 5.73 Å². The van der Waals surface area contributed by atoms with Crippen LogP contribution < -0.4 is 16.4 Å². The summed E-state index contributed by atoms with van der Waals surface area (Å²) in [5.74, 6) is 0.00231. The molecule has 0 heterocycles. The Bertz CT molecular complexity index is 372. The number of hydrogen-bond donors (Lipinski definition) is 3. The monoisotopic (exact) mass is 314 g/mol. The van der Waals surface area contributed by atoms with Gasteiger partial charge < -0.3 is 21.3 Å². The molecule has 0 aromatic carbocycles. The third kappa shape index (κ3) is 10.1. The fraction of sp³-hybridized carbons (Fsp3) is 0.800. The van der Waals surface area contributed by atoms with Gasteiger partial charge in [-0.15, -0.1) is 0 Å². The van der Waals surface area contributed by atoms with Crippen molar-refractivity contribution in [2.24, 2.45) is 11.7 Å². The van der Waals surface area contributed by atoms with E-state index in [2.05, 4.69) is 24.5 Å². The van der Waals surface area contributed by atoms with Crippen LogP contribution in [0.3, 0.4) is 0 Å². The minimum Gasteiger partial charge on any atom is -0.355 e. The maximum absolute atomic E-state index is 11.9. The molecule has 0 fully saturated rings. The number of rotatable bonds is 10. The van der Waals surface area contributed by atoms with Gasteiger partial charge in [-0.25, -0.2) is 0 Å². The lowest BCUT2D eigenvalue weighted by molar-refractivity contribution is -0.132. The molecule has 7 heteroatoms. The first-order valence-electron chi connectivity index (χ1n) is 7.74. The van der Waals surface area contributed by atoms with E-state index in [0.717, 1.165) is 6.42 Å². The molecule has 1 unspecified atom stereocenters. The second-order valence-corrected chi connectivity index (χ2v) is 5.84. The molecule has 22 heavy (non-hydrogen) atoms. The number of amides is 3. The highest BCUT2D eigenvalue weighted by Gasteiger charge is 2.14. The van der Waals surface area contributed by atoms with Gasteiger partial charge >= 0.3 is 0 Å². The van der Waals surface area contributed by atoms with Crippen molar-refractivity contribution < 1.29 is 14.4 Å². The summed E-state index contributed by atoms with van der Waals surface area (Å²) in [7, 11) is 1.73. The summed E-state index contributed by atoms with van der Waals surface area (Å²) in [6.07, 6.45) is 1.09. The van der Waals surface area contributed by atoms with Gasteiger partial charge in [-0.3, -0.25) is 14.4 Å². The quantitative estimate of drug-likeness (QED) is 0.488. The van der Waals surface area contributed by atoms with Gasteiger partial charge in [0.1, 0.15) is 0 Å². The third-order valence-electron chi connectivity index (χ3n) is 3.47. The zero-order chi connectivity index (χ0) is 17.1. The predicted molar refractivity (Wildman–Crippen MR) is 86.0 cm³/mol. The van der Waals surface area contributed by atoms with Crippen LogP contribution in [0.5, 0.6) is 0 Å². The summed E-state index contributed by atoms with van der Waals surface area (Å²) in [6.45, 7) is 6.88. The Hall–Kier alpha value is -1.63. The second-order valence-electron chi connectivity index (χ2n) is 5.84. The predicted octanol–water partition coefficient (Wildman–Crippen LogP) is -0.149. The molecule has 4 N–H and O–H groups in total. The van der Waals surface area contributed by atoms with Gasteiger partial charge in [0, 0.05) is 52.5 Å². The normalized spacial score (nSPS) is 11.9. The number of carbonyl (C=O) groups excluding carboxylic acids is 3. The summed E-state index contributed by atoms with van der Waals surface area (Å²) in [5.41, 5.74) is 5.94. The largest absolute Gasteiger partial charge is 0.355 e. The van der Waals surface area contributed by atoms with Gasteiger partial charge in [0.05, 0.1) is 0 Å². The lowest BCUT2D eigenvalue weighted by Gasteiger charge is -2.21. The molecular formula is C15H30N4O3. The van der Waals surface area contributed by atoms with Gasteiger partial charge in [-0.2, -0.15) is 0 Å². The van der Waals surface area contributed by atoms with Gasteiger partial charge in [0.15, 0.2) is 0 Å². The molecule has 0 aliphatic heterocycles. The molecule has 0 radical (unpaired) electrons. The summed E-state index contributed by atoms with van der Waals surface area (Å²) < 4.78 is 0. The third-order valence-corrected chi connectivity index (χ3v) is 3.47. The molecule has 0 bridgehead atoms. The van der Waals surface area contributed by atoms with E-state index < -0.39 is 0 Å². The van der Waals surface area contributed by atoms with Gasteiger partial charge in [-0.1, -0.05) is 13.8 Å². The molecule has 0 saturated carbocycles. The van der Waals surface area contributed by atoms with Gasteiger partial charge in [0.25, 0.3) is 0 Å². The van der Waals surface area contributed by atoms with Crippen molar-refractivity contribution in [2.45, 2.75) is 46.1 Å². The van der Waals surface area contributed by atoms with Crippen molar-refractivity contribution in [3.63, 3.8) is 0 Å². The van der Waals surface area contributed by atoms with E-state index in [0.29, 0.717) is 25.6 Å². The average Bonchev–Trinajstić information content (AvgIpc) is 2.45. The Morgan fingerprint density at radius 1 is 1.09 bits per heavy atom. The fourth-order valence-electron chi connectivity index (χ4n) is 1.74. The van der Waals surface area contributed by atoms with Crippen LogP contribution in [0.25, 0.3) is 0 Å². The molecule has 0 spiro atoms. The number of nitrogens with two attached hydrogens (primary N) is 1. The number of carbonyl (C=O) groups is 3. The highest BCUT2D eigenvalue weighted by Crippen LogP contribution is 2.05. The molecule has 1 atom stereocenters. The van der Waals surface area contributed by atoms with Crippen LogP contribution in [0.15, 0.2) is 0 Å². The van der Waals surface area contributed by atoms with Crippen molar-refractivity contribution in [3.05, 3.63) is 0 Å². The van der Waals surface area contributed by atoms with Crippen LogP contribution in [0, 0.1) is 5.92 Å². The lowest BCUT2D eigenvalue weighted by Crippen LogP contribution is -2.36. The van der Waals surface area contributed by atoms with Crippen molar-refractivity contribution >= 4 is 17.7 Å². The number of nitrogens with zero attached hydrogens (tertiary/aromatic N) is 1. The smallest absolute Gasteiger partial charge is 0.222 e. The van der Waals surface area contributed by atoms with E-state index in [1.807, 2.05) is 0 Å². The Kier molecular flexibility index (Phi) is 10.2. The Balaban J connectivity index is 3.82. The molecular weight excluding hydrogens is 284 g/mol. The number of nitrogens with one attached hydrogen (secondary N) is 2. The highest BCUT2D eigenvalue weighted by molar-refractivity contribution is 5.83. The molecule has 0 aromatic rings. The molecule has 0 saturated heterocycles. The van der Waals surface area contributed by atoms with Crippen molar-refractivity contribution in [3.8, 4) is 0 Å². The first-order valence-corrected chi connectivity index (χ1v) is 7.74. The minimum atomic E-state index is -0.189. The standard InChI is InChI=1S/C15H30N4O3/c1-11(2)13(16)7-10-19(4)15(22)6-5-14(21)18-9-8-17-12(3)20/h11,13H,5-10,16H2,1-4H3,(H,17,20)(H,18,21). The van der Waals surface area contributed by atoms with Crippen LogP contribution in [0.2, 0.25) is 0 Å². The maximum atomic E-state index is 11.9. The van der Waals surface area contributed by atoms with Crippen LogP contribution in [0.4, 0.5) is 0 Å². The van der Waals surface area contributed by atoms with Gasteiger partial charge in [0.2, 0.25) is 17.7 Å². The number of hydrogen-bond acceptors (Lipinski definition) is 4. The van der Waals surface area contributed by atoms with Gasteiger partial charge in [-0.05, 0) is 12.3 Å². The maximum Gasteiger partial charge on any atom is 0.222 e. The zero-order valence-electron chi connectivity index (χ0n) is 14.1.